The number of carbonyl (C=O) groups is 1. The Labute approximate surface area is 223 Å². The van der Waals surface area contributed by atoms with E-state index in [1.807, 2.05) is 28.3 Å². The summed E-state index contributed by atoms with van der Waals surface area (Å²) in [6, 6.07) is 8.95. The van der Waals surface area contributed by atoms with Crippen LogP contribution in [0.15, 0.2) is 30.3 Å². The lowest BCUT2D eigenvalue weighted by Gasteiger charge is -2.38. The third-order valence-corrected chi connectivity index (χ3v) is 7.47. The molecule has 4 heterocycles. The molecule has 3 fully saturated rings. The fourth-order valence-corrected chi connectivity index (χ4v) is 5.75. The van der Waals surface area contributed by atoms with E-state index in [0.717, 1.165) is 74.5 Å². The maximum absolute atomic E-state index is 13.3. The summed E-state index contributed by atoms with van der Waals surface area (Å²) >= 11 is 1.83. The summed E-state index contributed by atoms with van der Waals surface area (Å²) in [6.45, 7) is 7.48. The smallest absolute Gasteiger partial charge is 0.240 e. The minimum absolute atomic E-state index is 0. The summed E-state index contributed by atoms with van der Waals surface area (Å²) in [6.07, 6.45) is 0.895. The molecular weight excluding hydrogens is 522 g/mol. The van der Waals surface area contributed by atoms with Crippen molar-refractivity contribution in [2.75, 3.05) is 55.8 Å². The van der Waals surface area contributed by atoms with Crippen molar-refractivity contribution in [2.45, 2.75) is 25.4 Å². The summed E-state index contributed by atoms with van der Waals surface area (Å²) in [5.41, 5.74) is 1.82. The Kier molecular flexibility index (Phi) is 10.8. The molecule has 0 saturated carbocycles. The number of carbonyl (C=O) groups excluding carboxylic acids is 1. The molecule has 0 radical (unpaired) electrons. The molecule has 1 aromatic heterocycles. The van der Waals surface area contributed by atoms with Crippen molar-refractivity contribution in [3.05, 3.63) is 41.8 Å². The molecule has 2 atom stereocenters. The van der Waals surface area contributed by atoms with Crippen LogP contribution in [-0.4, -0.2) is 88.5 Å². The molecule has 12 heteroatoms. The summed E-state index contributed by atoms with van der Waals surface area (Å²) < 4.78 is 15.3. The molecule has 1 amide bonds. The third-order valence-electron chi connectivity index (χ3n) is 6.51. The van der Waals surface area contributed by atoms with Gasteiger partial charge in [-0.15, -0.1) is 49.0 Å². The van der Waals surface area contributed by atoms with E-state index in [1.165, 1.54) is 12.1 Å². The van der Waals surface area contributed by atoms with Crippen LogP contribution in [0.3, 0.4) is 0 Å². The first kappa shape index (κ1) is 29.0. The number of nitrogens with one attached hydrogen (secondary N) is 1. The summed E-state index contributed by atoms with van der Waals surface area (Å²) in [5.74, 6) is 2.96. The monoisotopic (exact) mass is 552 g/mol. The second-order valence-corrected chi connectivity index (χ2v) is 9.62. The van der Waals surface area contributed by atoms with Crippen LogP contribution >= 0.6 is 49.0 Å². The maximum Gasteiger partial charge on any atom is 0.240 e. The van der Waals surface area contributed by atoms with Gasteiger partial charge in [-0.3, -0.25) is 9.69 Å². The van der Waals surface area contributed by atoms with Crippen LogP contribution < -0.4 is 10.2 Å². The van der Waals surface area contributed by atoms with E-state index in [-0.39, 0.29) is 55.0 Å². The van der Waals surface area contributed by atoms with Crippen molar-refractivity contribution in [3.63, 3.8) is 0 Å². The quantitative estimate of drug-likeness (QED) is 0.628. The van der Waals surface area contributed by atoms with Gasteiger partial charge in [-0.1, -0.05) is 0 Å². The van der Waals surface area contributed by atoms with E-state index >= 15 is 0 Å². The molecule has 0 aliphatic carbocycles. The maximum atomic E-state index is 13.3. The zero-order chi connectivity index (χ0) is 21.4. The molecule has 7 nitrogen and oxygen atoms in total. The molecule has 5 rings (SSSR count). The highest BCUT2D eigenvalue weighted by molar-refractivity contribution is 7.99. The zero-order valence-electron chi connectivity index (χ0n) is 19.1. The van der Waals surface area contributed by atoms with Crippen LogP contribution in [0.4, 0.5) is 10.2 Å². The van der Waals surface area contributed by atoms with Gasteiger partial charge in [0.15, 0.2) is 0 Å². The van der Waals surface area contributed by atoms with Gasteiger partial charge in [0.2, 0.25) is 5.91 Å². The molecule has 0 spiro atoms. The van der Waals surface area contributed by atoms with Gasteiger partial charge in [0.05, 0.1) is 23.3 Å². The number of aryl methyl sites for hydroxylation is 1. The van der Waals surface area contributed by atoms with E-state index in [9.17, 15) is 9.18 Å². The topological polar surface area (TPSA) is 56.6 Å². The van der Waals surface area contributed by atoms with Crippen LogP contribution in [0.5, 0.6) is 0 Å². The molecule has 34 heavy (non-hydrogen) atoms. The predicted molar refractivity (Wildman–Crippen MR) is 143 cm³/mol. The fraction of sp³-hybridized carbons (Fsp3) is 0.545. The standard InChI is InChI=1S/C22H29FN6OS.3ClH/c1-16-12-21(29(25-16)18-4-2-17(23)3-5-18)27-8-6-26(7-9-27)19-13-20(24-14-19)22(30)28-10-11-31-15-28;;;/h2-5,12,19-20,24H,6-11,13-15H2,1H3;3*1H/t19-,20-;;;/m0.../s1. The highest BCUT2D eigenvalue weighted by Crippen LogP contribution is 2.25. The molecule has 1 N–H and O–H groups in total. The Morgan fingerprint density at radius 2 is 1.79 bits per heavy atom. The molecule has 3 saturated heterocycles. The normalized spacial score (nSPS) is 22.6. The summed E-state index contributed by atoms with van der Waals surface area (Å²) in [5, 5.41) is 8.10. The number of hydrogen-bond donors (Lipinski definition) is 1. The molecule has 0 bridgehead atoms. The summed E-state index contributed by atoms with van der Waals surface area (Å²) in [4.78, 5) is 19.6. The van der Waals surface area contributed by atoms with Gasteiger partial charge in [0.25, 0.3) is 0 Å². The Morgan fingerprint density at radius 3 is 2.44 bits per heavy atom. The molecular formula is C22H32Cl3FN6OS. The van der Waals surface area contributed by atoms with Crippen molar-refractivity contribution in [1.29, 1.82) is 0 Å². The first-order valence-corrected chi connectivity index (χ1v) is 12.2. The second-order valence-electron chi connectivity index (χ2n) is 8.54. The molecule has 3 aliphatic rings. The van der Waals surface area contributed by atoms with Crippen LogP contribution in [0.2, 0.25) is 0 Å². The fourth-order valence-electron chi connectivity index (χ4n) is 4.79. The van der Waals surface area contributed by atoms with Gasteiger partial charge < -0.3 is 15.1 Å². The molecule has 2 aromatic rings. The van der Waals surface area contributed by atoms with Crippen LogP contribution in [0, 0.1) is 12.7 Å². The van der Waals surface area contributed by atoms with Crippen molar-refractivity contribution < 1.29 is 9.18 Å². The minimum Gasteiger partial charge on any atom is -0.354 e. The van der Waals surface area contributed by atoms with Gasteiger partial charge in [-0.2, -0.15) is 5.10 Å². The van der Waals surface area contributed by atoms with Crippen LogP contribution in [0.25, 0.3) is 5.69 Å². The Bertz CT molecular complexity index is 935. The Hall–Kier alpha value is -1.23. The number of amides is 1. The number of piperazine rings is 1. The van der Waals surface area contributed by atoms with Crippen molar-refractivity contribution >= 4 is 60.7 Å². The number of rotatable bonds is 4. The lowest BCUT2D eigenvalue weighted by Crippen LogP contribution is -2.51. The van der Waals surface area contributed by atoms with Crippen LogP contribution in [0.1, 0.15) is 12.1 Å². The third kappa shape index (κ3) is 6.12. The number of benzene rings is 1. The Morgan fingerprint density at radius 1 is 1.09 bits per heavy atom. The first-order chi connectivity index (χ1) is 15.1. The lowest BCUT2D eigenvalue weighted by molar-refractivity contribution is -0.131. The average molecular weight is 554 g/mol. The highest BCUT2D eigenvalue weighted by atomic mass is 35.5. The molecule has 1 aromatic carbocycles. The number of aromatic nitrogens is 2. The van der Waals surface area contributed by atoms with Crippen molar-refractivity contribution in [1.82, 2.24) is 24.9 Å². The van der Waals surface area contributed by atoms with Gasteiger partial charge in [-0.05, 0) is 37.6 Å². The molecule has 190 valence electrons. The van der Waals surface area contributed by atoms with Crippen LogP contribution in [-0.2, 0) is 4.79 Å². The van der Waals surface area contributed by atoms with Crippen molar-refractivity contribution in [3.8, 4) is 5.69 Å². The highest BCUT2D eigenvalue weighted by Gasteiger charge is 2.36. The molecule has 3 aliphatic heterocycles. The predicted octanol–water partition coefficient (Wildman–Crippen LogP) is 2.97. The number of anilines is 1. The van der Waals surface area contributed by atoms with Gasteiger partial charge in [0.1, 0.15) is 11.6 Å². The van der Waals surface area contributed by atoms with E-state index < -0.39 is 0 Å². The first-order valence-electron chi connectivity index (χ1n) is 11.0. The second kappa shape index (κ2) is 12.6. The minimum atomic E-state index is -0.242. The Balaban J connectivity index is 0.00000136. The zero-order valence-corrected chi connectivity index (χ0v) is 22.3. The number of halogens is 4. The van der Waals surface area contributed by atoms with E-state index in [2.05, 4.69) is 26.3 Å². The number of thioether (sulfide) groups is 1. The SMILES string of the molecule is Cc1cc(N2CCN([C@@H]3CN[C@H](C(=O)N4CCSC4)C3)CC2)n(-c2ccc(F)cc2)n1.Cl.Cl.Cl. The van der Waals surface area contributed by atoms with E-state index in [4.69, 9.17) is 0 Å². The number of hydrogen-bond acceptors (Lipinski definition) is 6. The number of nitrogens with zero attached hydrogens (tertiary/aromatic N) is 5. The lowest BCUT2D eigenvalue weighted by atomic mass is 10.1. The van der Waals surface area contributed by atoms with Gasteiger partial charge >= 0.3 is 0 Å². The summed E-state index contributed by atoms with van der Waals surface area (Å²) in [7, 11) is 0. The van der Waals surface area contributed by atoms with E-state index in [0.29, 0.717) is 6.04 Å². The van der Waals surface area contributed by atoms with Gasteiger partial charge in [0, 0.05) is 57.1 Å². The van der Waals surface area contributed by atoms with Crippen molar-refractivity contribution in [2.24, 2.45) is 0 Å². The van der Waals surface area contributed by atoms with E-state index in [1.54, 1.807) is 12.1 Å². The largest absolute Gasteiger partial charge is 0.354 e. The molecule has 0 unspecified atom stereocenters. The van der Waals surface area contributed by atoms with Gasteiger partial charge in [-0.25, -0.2) is 9.07 Å². The average Bonchev–Trinajstić information content (AvgIpc) is 3.55.